The average molecular weight is 494 g/mol. The number of thioether (sulfide) groups is 1. The standard InChI is InChI=1S/C25H27N5O4S/c1-5-34-23(31)21-16(3)26-24(32)27-20(21)14-35-25-29-28-22(17-8-12-19(33-4)13-9-17)30(25)18-10-6-15(2)7-11-18/h6-13,16H,5,14H2,1-4H3,(H2,26,27,32)/t16-/m0/s1. The van der Waals surface area contributed by atoms with Crippen LogP contribution in [0, 0.1) is 6.92 Å². The van der Waals surface area contributed by atoms with Gasteiger partial charge in [0.25, 0.3) is 0 Å². The molecule has 0 aliphatic carbocycles. The maximum absolute atomic E-state index is 12.6. The van der Waals surface area contributed by atoms with Gasteiger partial charge in [-0.05, 0) is 57.2 Å². The van der Waals surface area contributed by atoms with E-state index in [1.807, 2.05) is 60.0 Å². The molecule has 3 aromatic rings. The van der Waals surface area contributed by atoms with Gasteiger partial charge in [0.2, 0.25) is 0 Å². The van der Waals surface area contributed by atoms with E-state index in [2.05, 4.69) is 20.8 Å². The second-order valence-electron chi connectivity index (χ2n) is 7.93. The van der Waals surface area contributed by atoms with Crippen molar-refractivity contribution in [1.29, 1.82) is 0 Å². The molecular weight excluding hydrogens is 466 g/mol. The van der Waals surface area contributed by atoms with Gasteiger partial charge in [-0.2, -0.15) is 0 Å². The third-order valence-corrected chi connectivity index (χ3v) is 6.44. The van der Waals surface area contributed by atoms with Gasteiger partial charge in [-0.15, -0.1) is 10.2 Å². The fraction of sp³-hybridized carbons (Fsp3) is 0.280. The van der Waals surface area contributed by atoms with Crippen LogP contribution in [-0.2, 0) is 9.53 Å². The van der Waals surface area contributed by atoms with Crippen molar-refractivity contribution in [3.63, 3.8) is 0 Å². The van der Waals surface area contributed by atoms with Gasteiger partial charge in [0.1, 0.15) is 5.75 Å². The highest BCUT2D eigenvalue weighted by Crippen LogP contribution is 2.30. The molecule has 35 heavy (non-hydrogen) atoms. The first-order valence-corrected chi connectivity index (χ1v) is 12.2. The first-order chi connectivity index (χ1) is 16.9. The summed E-state index contributed by atoms with van der Waals surface area (Å²) in [6.07, 6.45) is 0. The van der Waals surface area contributed by atoms with Crippen LogP contribution in [-0.4, -0.2) is 52.3 Å². The highest BCUT2D eigenvalue weighted by Gasteiger charge is 2.30. The summed E-state index contributed by atoms with van der Waals surface area (Å²) in [4.78, 5) is 24.7. The van der Waals surface area contributed by atoms with E-state index in [1.165, 1.54) is 11.8 Å². The maximum Gasteiger partial charge on any atom is 0.337 e. The van der Waals surface area contributed by atoms with Gasteiger partial charge in [-0.3, -0.25) is 4.57 Å². The van der Waals surface area contributed by atoms with Crippen molar-refractivity contribution in [2.45, 2.75) is 32.0 Å². The normalized spacial score (nSPS) is 15.4. The van der Waals surface area contributed by atoms with Crippen molar-refractivity contribution in [1.82, 2.24) is 25.4 Å². The number of urea groups is 1. The number of hydrogen-bond acceptors (Lipinski definition) is 7. The Morgan fingerprint density at radius 2 is 1.83 bits per heavy atom. The van der Waals surface area contributed by atoms with Crippen LogP contribution in [0.15, 0.2) is 65.0 Å². The number of aryl methyl sites for hydroxylation is 1. The van der Waals surface area contributed by atoms with Crippen molar-refractivity contribution in [3.8, 4) is 22.8 Å². The summed E-state index contributed by atoms with van der Waals surface area (Å²) in [7, 11) is 1.62. The summed E-state index contributed by atoms with van der Waals surface area (Å²) in [6, 6.07) is 14.8. The molecule has 0 radical (unpaired) electrons. The molecule has 1 aliphatic rings. The zero-order chi connectivity index (χ0) is 24.9. The molecule has 182 valence electrons. The first kappa shape index (κ1) is 24.3. The summed E-state index contributed by atoms with van der Waals surface area (Å²) >= 11 is 1.38. The van der Waals surface area contributed by atoms with E-state index >= 15 is 0 Å². The number of ether oxygens (including phenoxy) is 2. The molecule has 9 nitrogen and oxygen atoms in total. The maximum atomic E-state index is 12.6. The lowest BCUT2D eigenvalue weighted by Gasteiger charge is -2.26. The smallest absolute Gasteiger partial charge is 0.337 e. The van der Waals surface area contributed by atoms with E-state index < -0.39 is 12.0 Å². The van der Waals surface area contributed by atoms with Gasteiger partial charge in [0.15, 0.2) is 11.0 Å². The molecule has 4 rings (SSSR count). The number of benzene rings is 2. The van der Waals surface area contributed by atoms with E-state index in [0.29, 0.717) is 28.0 Å². The molecule has 1 aromatic heterocycles. The quantitative estimate of drug-likeness (QED) is 0.362. The van der Waals surface area contributed by atoms with Gasteiger partial charge in [-0.25, -0.2) is 9.59 Å². The monoisotopic (exact) mass is 493 g/mol. The van der Waals surface area contributed by atoms with E-state index in [1.54, 1.807) is 21.0 Å². The second kappa shape index (κ2) is 10.6. The van der Waals surface area contributed by atoms with Crippen LogP contribution in [0.3, 0.4) is 0 Å². The summed E-state index contributed by atoms with van der Waals surface area (Å²) in [5.74, 6) is 1.26. The second-order valence-corrected chi connectivity index (χ2v) is 8.87. The van der Waals surface area contributed by atoms with Crippen LogP contribution >= 0.6 is 11.8 Å². The Bertz CT molecular complexity index is 1250. The third kappa shape index (κ3) is 5.32. The number of carbonyl (C=O) groups excluding carboxylic acids is 2. The van der Waals surface area contributed by atoms with Crippen molar-refractivity contribution < 1.29 is 19.1 Å². The van der Waals surface area contributed by atoms with Crippen LogP contribution in [0.5, 0.6) is 5.75 Å². The van der Waals surface area contributed by atoms with Crippen LogP contribution in [0.1, 0.15) is 19.4 Å². The van der Waals surface area contributed by atoms with Crippen molar-refractivity contribution in [2.24, 2.45) is 0 Å². The molecule has 1 atom stereocenters. The number of methoxy groups -OCH3 is 1. The third-order valence-electron chi connectivity index (χ3n) is 5.48. The molecule has 0 bridgehead atoms. The van der Waals surface area contributed by atoms with Gasteiger partial charge >= 0.3 is 12.0 Å². The molecule has 0 saturated carbocycles. The topological polar surface area (TPSA) is 107 Å². The van der Waals surface area contributed by atoms with Crippen LogP contribution < -0.4 is 15.4 Å². The predicted molar refractivity (Wildman–Crippen MR) is 134 cm³/mol. The highest BCUT2D eigenvalue weighted by molar-refractivity contribution is 7.99. The van der Waals surface area contributed by atoms with E-state index in [4.69, 9.17) is 9.47 Å². The van der Waals surface area contributed by atoms with E-state index in [-0.39, 0.29) is 12.6 Å². The highest BCUT2D eigenvalue weighted by atomic mass is 32.2. The largest absolute Gasteiger partial charge is 0.497 e. The number of aromatic nitrogens is 3. The van der Waals surface area contributed by atoms with E-state index in [9.17, 15) is 9.59 Å². The molecule has 0 spiro atoms. The fourth-order valence-electron chi connectivity index (χ4n) is 3.75. The molecule has 0 unspecified atom stereocenters. The van der Waals surface area contributed by atoms with Gasteiger partial charge in [-0.1, -0.05) is 29.5 Å². The molecule has 0 fully saturated rings. The average Bonchev–Trinajstić information content (AvgIpc) is 3.27. The Balaban J connectivity index is 1.72. The molecule has 1 aliphatic heterocycles. The fourth-order valence-corrected chi connectivity index (χ4v) is 4.67. The zero-order valence-electron chi connectivity index (χ0n) is 20.0. The number of carbonyl (C=O) groups is 2. The first-order valence-electron chi connectivity index (χ1n) is 11.2. The number of nitrogens with one attached hydrogen (secondary N) is 2. The molecule has 0 saturated heterocycles. The molecule has 2 aromatic carbocycles. The van der Waals surface area contributed by atoms with Crippen molar-refractivity contribution >= 4 is 23.8 Å². The van der Waals surface area contributed by atoms with Gasteiger partial charge in [0, 0.05) is 22.7 Å². The Labute approximate surface area is 207 Å². The lowest BCUT2D eigenvalue weighted by Crippen LogP contribution is -2.49. The van der Waals surface area contributed by atoms with E-state index in [0.717, 1.165) is 22.6 Å². The number of amides is 2. The Hall–Kier alpha value is -3.79. The predicted octanol–water partition coefficient (Wildman–Crippen LogP) is 3.86. The zero-order valence-corrected chi connectivity index (χ0v) is 20.8. The van der Waals surface area contributed by atoms with Crippen LogP contribution in [0.4, 0.5) is 4.79 Å². The lowest BCUT2D eigenvalue weighted by molar-refractivity contribution is -0.138. The lowest BCUT2D eigenvalue weighted by atomic mass is 10.1. The summed E-state index contributed by atoms with van der Waals surface area (Å²) in [6.45, 7) is 5.78. The minimum atomic E-state index is -0.469. The minimum Gasteiger partial charge on any atom is -0.497 e. The van der Waals surface area contributed by atoms with Crippen LogP contribution in [0.2, 0.25) is 0 Å². The summed E-state index contributed by atoms with van der Waals surface area (Å²) in [5.41, 5.74) is 3.81. The molecule has 2 heterocycles. The SMILES string of the molecule is CCOC(=O)C1=C(CSc2nnc(-c3ccc(OC)cc3)n2-c2ccc(C)cc2)NC(=O)N[C@H]1C. The molecule has 10 heteroatoms. The number of hydrogen-bond donors (Lipinski definition) is 2. The molecule has 2 N–H and O–H groups in total. The summed E-state index contributed by atoms with van der Waals surface area (Å²) < 4.78 is 12.5. The number of rotatable bonds is 8. The van der Waals surface area contributed by atoms with Crippen molar-refractivity contribution in [2.75, 3.05) is 19.5 Å². The Kier molecular flexibility index (Phi) is 7.40. The number of esters is 1. The summed E-state index contributed by atoms with van der Waals surface area (Å²) in [5, 5.41) is 15.0. The Morgan fingerprint density at radius 1 is 1.11 bits per heavy atom. The molecule has 2 amide bonds. The van der Waals surface area contributed by atoms with Gasteiger partial charge in [0.05, 0.1) is 25.3 Å². The van der Waals surface area contributed by atoms with Crippen molar-refractivity contribution in [3.05, 3.63) is 65.4 Å². The minimum absolute atomic E-state index is 0.246. The molecular formula is C25H27N5O4S. The number of nitrogens with zero attached hydrogens (tertiary/aromatic N) is 3. The van der Waals surface area contributed by atoms with Gasteiger partial charge < -0.3 is 20.1 Å². The van der Waals surface area contributed by atoms with Crippen LogP contribution in [0.25, 0.3) is 17.1 Å². The Morgan fingerprint density at radius 3 is 2.49 bits per heavy atom.